The van der Waals surface area contributed by atoms with Crippen molar-refractivity contribution in [3.8, 4) is 17.1 Å². The standard InChI is InChI=1S/C22H26N4O3/c1-2-3-11-25-12-14-26(15-13-25)17-9-7-16(8-10-17)21-23-18-5-4-6-19(20(18)24-21)29-22(27)28/h4-10H,2-3,11-15H2,1H3,(H,23,24)(H,27,28). The molecule has 2 heterocycles. The number of fused-ring (bicyclic) bond motifs is 1. The number of nitrogens with zero attached hydrogens (tertiary/aromatic N) is 3. The van der Waals surface area contributed by atoms with E-state index in [1.54, 1.807) is 12.1 Å². The first-order valence-electron chi connectivity index (χ1n) is 10.1. The molecule has 2 N–H and O–H groups in total. The fraction of sp³-hybridized carbons (Fsp3) is 0.364. The number of H-pyrrole nitrogens is 1. The van der Waals surface area contributed by atoms with Crippen LogP contribution in [0.2, 0.25) is 0 Å². The van der Waals surface area contributed by atoms with Gasteiger partial charge in [0.2, 0.25) is 0 Å². The topological polar surface area (TPSA) is 81.7 Å². The van der Waals surface area contributed by atoms with Gasteiger partial charge in [-0.05, 0) is 49.4 Å². The van der Waals surface area contributed by atoms with Crippen LogP contribution < -0.4 is 9.64 Å². The van der Waals surface area contributed by atoms with Gasteiger partial charge in [-0.3, -0.25) is 4.90 Å². The van der Waals surface area contributed by atoms with Crippen LogP contribution in [0.5, 0.6) is 5.75 Å². The van der Waals surface area contributed by atoms with Gasteiger partial charge in [0.1, 0.15) is 11.3 Å². The highest BCUT2D eigenvalue weighted by Crippen LogP contribution is 2.28. The minimum absolute atomic E-state index is 0.232. The number of carbonyl (C=O) groups is 1. The van der Waals surface area contributed by atoms with Crippen LogP contribution in [-0.4, -0.2) is 58.9 Å². The average molecular weight is 394 g/mol. The van der Waals surface area contributed by atoms with Crippen molar-refractivity contribution in [2.75, 3.05) is 37.6 Å². The number of rotatable bonds is 6. The highest BCUT2D eigenvalue weighted by molar-refractivity contribution is 5.86. The largest absolute Gasteiger partial charge is 0.511 e. The number of unbranched alkanes of at least 4 members (excludes halogenated alkanes) is 1. The van der Waals surface area contributed by atoms with Gasteiger partial charge in [-0.25, -0.2) is 9.78 Å². The Kier molecular flexibility index (Phi) is 5.67. The third kappa shape index (κ3) is 4.35. The van der Waals surface area contributed by atoms with Crippen LogP contribution in [0.1, 0.15) is 19.8 Å². The molecule has 0 radical (unpaired) electrons. The molecule has 1 aliphatic rings. The van der Waals surface area contributed by atoms with Gasteiger partial charge >= 0.3 is 6.16 Å². The lowest BCUT2D eigenvalue weighted by Gasteiger charge is -2.36. The molecule has 1 aromatic heterocycles. The summed E-state index contributed by atoms with van der Waals surface area (Å²) in [7, 11) is 0. The maximum Gasteiger partial charge on any atom is 0.511 e. The average Bonchev–Trinajstić information content (AvgIpc) is 3.18. The van der Waals surface area contributed by atoms with Crippen molar-refractivity contribution in [3.63, 3.8) is 0 Å². The molecule has 7 nitrogen and oxygen atoms in total. The van der Waals surface area contributed by atoms with Crippen LogP contribution in [0.15, 0.2) is 42.5 Å². The predicted octanol–water partition coefficient (Wildman–Crippen LogP) is 4.21. The molecule has 7 heteroatoms. The summed E-state index contributed by atoms with van der Waals surface area (Å²) in [4.78, 5) is 23.6. The molecule has 0 aliphatic carbocycles. The number of benzene rings is 2. The highest BCUT2D eigenvalue weighted by atomic mass is 16.7. The minimum Gasteiger partial charge on any atom is -0.449 e. The third-order valence-electron chi connectivity index (χ3n) is 5.38. The zero-order chi connectivity index (χ0) is 20.2. The summed E-state index contributed by atoms with van der Waals surface area (Å²) in [6, 6.07) is 13.5. The lowest BCUT2D eigenvalue weighted by molar-refractivity contribution is 0.145. The quantitative estimate of drug-likeness (QED) is 0.481. The summed E-state index contributed by atoms with van der Waals surface area (Å²) in [5, 5.41) is 8.90. The van der Waals surface area contributed by atoms with Gasteiger partial charge in [0.15, 0.2) is 5.75 Å². The third-order valence-corrected chi connectivity index (χ3v) is 5.38. The van der Waals surface area contributed by atoms with E-state index in [2.05, 4.69) is 38.8 Å². The predicted molar refractivity (Wildman–Crippen MR) is 114 cm³/mol. The maximum atomic E-state index is 10.9. The van der Waals surface area contributed by atoms with E-state index in [1.165, 1.54) is 25.1 Å². The van der Waals surface area contributed by atoms with Gasteiger partial charge in [-0.2, -0.15) is 0 Å². The second kappa shape index (κ2) is 8.53. The number of hydrogen-bond acceptors (Lipinski definition) is 5. The summed E-state index contributed by atoms with van der Waals surface area (Å²) in [5.74, 6) is 0.924. The van der Waals surface area contributed by atoms with Crippen molar-refractivity contribution in [1.82, 2.24) is 14.9 Å². The summed E-state index contributed by atoms with van der Waals surface area (Å²) < 4.78 is 4.83. The number of para-hydroxylation sites is 1. The molecular formula is C22H26N4O3. The number of ether oxygens (including phenoxy) is 1. The van der Waals surface area contributed by atoms with Gasteiger partial charge in [0, 0.05) is 37.4 Å². The molecule has 0 saturated carbocycles. The van der Waals surface area contributed by atoms with E-state index in [-0.39, 0.29) is 5.75 Å². The molecule has 1 aliphatic heterocycles. The Hall–Kier alpha value is -3.06. The van der Waals surface area contributed by atoms with Crippen LogP contribution in [-0.2, 0) is 0 Å². The molecule has 0 atom stereocenters. The first-order chi connectivity index (χ1) is 14.1. The molecule has 0 unspecified atom stereocenters. The summed E-state index contributed by atoms with van der Waals surface area (Å²) in [6.07, 6.45) is 1.17. The van der Waals surface area contributed by atoms with Crippen LogP contribution in [0.25, 0.3) is 22.4 Å². The second-order valence-corrected chi connectivity index (χ2v) is 7.33. The lowest BCUT2D eigenvalue weighted by Crippen LogP contribution is -2.46. The zero-order valence-corrected chi connectivity index (χ0v) is 16.6. The summed E-state index contributed by atoms with van der Waals surface area (Å²) in [5.41, 5.74) is 3.42. The first kappa shape index (κ1) is 19.3. The zero-order valence-electron chi connectivity index (χ0n) is 16.6. The SMILES string of the molecule is CCCCN1CCN(c2ccc(-c3nc4c(OC(=O)O)cccc4[nH]3)cc2)CC1. The highest BCUT2D eigenvalue weighted by Gasteiger charge is 2.17. The van der Waals surface area contributed by atoms with E-state index in [0.717, 1.165) is 37.3 Å². The Morgan fingerprint density at radius 2 is 1.90 bits per heavy atom. The van der Waals surface area contributed by atoms with Crippen LogP contribution in [0.4, 0.5) is 10.5 Å². The number of piperazine rings is 1. The Bertz CT molecular complexity index is 975. The Morgan fingerprint density at radius 1 is 1.14 bits per heavy atom. The van der Waals surface area contributed by atoms with E-state index in [9.17, 15) is 4.79 Å². The maximum absolute atomic E-state index is 10.9. The van der Waals surface area contributed by atoms with Gasteiger partial charge in [0.05, 0.1) is 5.52 Å². The first-order valence-corrected chi connectivity index (χ1v) is 10.1. The van der Waals surface area contributed by atoms with E-state index in [0.29, 0.717) is 11.3 Å². The molecular weight excluding hydrogens is 368 g/mol. The van der Waals surface area contributed by atoms with E-state index >= 15 is 0 Å². The Morgan fingerprint density at radius 3 is 2.59 bits per heavy atom. The van der Waals surface area contributed by atoms with Crippen molar-refractivity contribution in [1.29, 1.82) is 0 Å². The number of nitrogens with one attached hydrogen (secondary N) is 1. The number of hydrogen-bond donors (Lipinski definition) is 2. The molecule has 1 saturated heterocycles. The van der Waals surface area contributed by atoms with E-state index < -0.39 is 6.16 Å². The lowest BCUT2D eigenvalue weighted by atomic mass is 10.1. The molecule has 2 aromatic carbocycles. The molecule has 152 valence electrons. The molecule has 29 heavy (non-hydrogen) atoms. The number of aromatic nitrogens is 2. The van der Waals surface area contributed by atoms with Gasteiger partial charge in [-0.1, -0.05) is 19.4 Å². The molecule has 0 bridgehead atoms. The number of anilines is 1. The second-order valence-electron chi connectivity index (χ2n) is 7.33. The minimum atomic E-state index is -1.35. The summed E-state index contributed by atoms with van der Waals surface area (Å²) >= 11 is 0. The van der Waals surface area contributed by atoms with Gasteiger partial charge in [-0.15, -0.1) is 0 Å². The van der Waals surface area contributed by atoms with Crippen LogP contribution in [0, 0.1) is 0 Å². The summed E-state index contributed by atoms with van der Waals surface area (Å²) in [6.45, 7) is 7.74. The molecule has 4 rings (SSSR count). The van der Waals surface area contributed by atoms with Crippen LogP contribution >= 0.6 is 0 Å². The van der Waals surface area contributed by atoms with Gasteiger partial charge < -0.3 is 19.7 Å². The molecule has 3 aromatic rings. The Labute approximate surface area is 169 Å². The monoisotopic (exact) mass is 394 g/mol. The fourth-order valence-corrected chi connectivity index (χ4v) is 3.76. The van der Waals surface area contributed by atoms with Crippen molar-refractivity contribution >= 4 is 22.9 Å². The van der Waals surface area contributed by atoms with Crippen molar-refractivity contribution < 1.29 is 14.6 Å². The smallest absolute Gasteiger partial charge is 0.449 e. The Balaban J connectivity index is 1.48. The van der Waals surface area contributed by atoms with Gasteiger partial charge in [0.25, 0.3) is 0 Å². The fourth-order valence-electron chi connectivity index (χ4n) is 3.76. The van der Waals surface area contributed by atoms with Crippen molar-refractivity contribution in [2.45, 2.75) is 19.8 Å². The number of aromatic amines is 1. The van der Waals surface area contributed by atoms with E-state index in [1.807, 2.05) is 18.2 Å². The van der Waals surface area contributed by atoms with Crippen LogP contribution in [0.3, 0.4) is 0 Å². The molecule has 1 fully saturated rings. The molecule has 0 spiro atoms. The number of imidazole rings is 1. The van der Waals surface area contributed by atoms with Crippen molar-refractivity contribution in [2.24, 2.45) is 0 Å². The van der Waals surface area contributed by atoms with E-state index in [4.69, 9.17) is 9.84 Å². The number of carboxylic acid groups (broad SMARTS) is 1. The van der Waals surface area contributed by atoms with Crippen molar-refractivity contribution in [3.05, 3.63) is 42.5 Å². The molecule has 0 amide bonds. The normalized spacial score (nSPS) is 15.0.